The maximum absolute atomic E-state index is 9.92. The van der Waals surface area contributed by atoms with Crippen LogP contribution in [0.3, 0.4) is 0 Å². The van der Waals surface area contributed by atoms with Crippen LogP contribution < -0.4 is 15.3 Å². The summed E-state index contributed by atoms with van der Waals surface area (Å²) in [6.07, 6.45) is 16.8. The Bertz CT molecular complexity index is 331. The molecule has 0 aliphatic carbocycles. The summed E-state index contributed by atoms with van der Waals surface area (Å²) in [6, 6.07) is 0. The molecule has 0 aromatic carbocycles. The fourth-order valence-corrected chi connectivity index (χ4v) is 2.62. The van der Waals surface area contributed by atoms with Gasteiger partial charge in [-0.1, -0.05) is 97.8 Å². The zero-order valence-corrected chi connectivity index (χ0v) is 22.3. The van der Waals surface area contributed by atoms with Crippen molar-refractivity contribution in [2.75, 3.05) is 0 Å². The standard InChI is InChI=1S/3C8H16O2.Gd/c3*1-2-3-4-5-6-7-8(9)10;/h3*2-7H2,1H3,(H,9,10);/q;;;+3/p-3. The third kappa shape index (κ3) is 53.2. The Morgan fingerprint density at radius 2 is 0.613 bits per heavy atom. The molecule has 0 spiro atoms. The molecule has 0 aliphatic heterocycles. The summed E-state index contributed by atoms with van der Waals surface area (Å²) in [4.78, 5) is 29.8. The maximum Gasteiger partial charge on any atom is 3.00 e. The number of hydrogen-bond donors (Lipinski definition) is 0. The molecule has 0 heterocycles. The second kappa shape index (κ2) is 34.3. The van der Waals surface area contributed by atoms with Gasteiger partial charge in [0.05, 0.1) is 0 Å². The maximum atomic E-state index is 9.92. The summed E-state index contributed by atoms with van der Waals surface area (Å²) < 4.78 is 0. The normalized spacial score (nSPS) is 9.39. The topological polar surface area (TPSA) is 120 Å². The van der Waals surface area contributed by atoms with Crippen molar-refractivity contribution in [3.8, 4) is 0 Å². The average molecular weight is 587 g/mol. The van der Waals surface area contributed by atoms with Crippen LogP contribution in [0.25, 0.3) is 0 Å². The van der Waals surface area contributed by atoms with E-state index < -0.39 is 17.9 Å². The zero-order valence-electron chi connectivity index (χ0n) is 20.0. The molecule has 0 aromatic rings. The van der Waals surface area contributed by atoms with Crippen LogP contribution in [0.4, 0.5) is 0 Å². The van der Waals surface area contributed by atoms with Crippen molar-refractivity contribution < 1.29 is 69.6 Å². The van der Waals surface area contributed by atoms with Gasteiger partial charge in [0, 0.05) is 17.9 Å². The molecule has 0 atom stereocenters. The third-order valence-electron chi connectivity index (χ3n) is 4.45. The first-order valence-corrected chi connectivity index (χ1v) is 11.9. The molecule has 7 heteroatoms. The van der Waals surface area contributed by atoms with Gasteiger partial charge in [0.25, 0.3) is 0 Å². The molecule has 0 aromatic heterocycles. The van der Waals surface area contributed by atoms with Crippen LogP contribution in [0.5, 0.6) is 0 Å². The second-order valence-electron chi connectivity index (χ2n) is 7.61. The molecule has 0 saturated carbocycles. The number of carboxylic acids is 3. The van der Waals surface area contributed by atoms with Crippen LogP contribution in [0.1, 0.15) is 136 Å². The minimum Gasteiger partial charge on any atom is -0.550 e. The average Bonchev–Trinajstić information content (AvgIpc) is 2.68. The van der Waals surface area contributed by atoms with Crippen molar-refractivity contribution in [3.05, 3.63) is 0 Å². The van der Waals surface area contributed by atoms with Gasteiger partial charge >= 0.3 is 39.9 Å². The summed E-state index contributed by atoms with van der Waals surface area (Å²) in [6.45, 7) is 6.41. The fourth-order valence-electron chi connectivity index (χ4n) is 2.62. The van der Waals surface area contributed by atoms with Crippen molar-refractivity contribution in [2.45, 2.75) is 136 Å². The molecule has 0 unspecified atom stereocenters. The molecule has 0 N–H and O–H groups in total. The molecule has 0 fully saturated rings. The fraction of sp³-hybridized carbons (Fsp3) is 0.875. The van der Waals surface area contributed by atoms with E-state index in [1.807, 2.05) is 0 Å². The zero-order chi connectivity index (χ0) is 23.5. The summed E-state index contributed by atoms with van der Waals surface area (Å²) in [7, 11) is 0. The first-order chi connectivity index (χ1) is 14.3. The number of carboxylic acid groups (broad SMARTS) is 3. The van der Waals surface area contributed by atoms with Gasteiger partial charge in [0.2, 0.25) is 0 Å². The van der Waals surface area contributed by atoms with Gasteiger partial charge in [-0.3, -0.25) is 0 Å². The summed E-state index contributed by atoms with van der Waals surface area (Å²) in [5.41, 5.74) is 0. The van der Waals surface area contributed by atoms with E-state index in [1.54, 1.807) is 0 Å². The van der Waals surface area contributed by atoms with Gasteiger partial charge in [-0.05, 0) is 38.5 Å². The van der Waals surface area contributed by atoms with Crippen molar-refractivity contribution in [1.29, 1.82) is 0 Å². The van der Waals surface area contributed by atoms with Gasteiger partial charge in [0.15, 0.2) is 0 Å². The summed E-state index contributed by atoms with van der Waals surface area (Å²) >= 11 is 0. The smallest absolute Gasteiger partial charge is 0.550 e. The Morgan fingerprint density at radius 3 is 0.774 bits per heavy atom. The van der Waals surface area contributed by atoms with Crippen LogP contribution >= 0.6 is 0 Å². The van der Waals surface area contributed by atoms with E-state index in [4.69, 9.17) is 0 Å². The van der Waals surface area contributed by atoms with Crippen LogP contribution in [-0.2, 0) is 14.4 Å². The number of hydrogen-bond acceptors (Lipinski definition) is 6. The SMILES string of the molecule is CCCCCCCC(=O)[O-].CCCCCCCC(=O)[O-].CCCCCCCC(=O)[O-].[Gd+3]. The molecule has 185 valence electrons. The Morgan fingerprint density at radius 1 is 0.419 bits per heavy atom. The third-order valence-corrected chi connectivity index (χ3v) is 4.45. The van der Waals surface area contributed by atoms with E-state index in [1.165, 1.54) is 38.5 Å². The largest absolute Gasteiger partial charge is 3.00 e. The van der Waals surface area contributed by atoms with Crippen LogP contribution in [0.2, 0.25) is 0 Å². The molecule has 0 amide bonds. The van der Waals surface area contributed by atoms with Crippen molar-refractivity contribution in [2.24, 2.45) is 0 Å². The molecule has 1 radical (unpaired) electrons. The minimum atomic E-state index is -0.920. The number of aliphatic carboxylic acids is 3. The van der Waals surface area contributed by atoms with E-state index in [0.29, 0.717) is 0 Å². The van der Waals surface area contributed by atoms with Crippen molar-refractivity contribution >= 4 is 17.9 Å². The minimum absolute atomic E-state index is 0. The van der Waals surface area contributed by atoms with Gasteiger partial charge in [-0.15, -0.1) is 0 Å². The van der Waals surface area contributed by atoms with Gasteiger partial charge in [0.1, 0.15) is 0 Å². The Kier molecular flexibility index (Phi) is 42.1. The number of carbonyl (C=O) groups is 3. The van der Waals surface area contributed by atoms with Gasteiger partial charge in [-0.25, -0.2) is 0 Å². The molecular formula is C24H45GdO6. The quantitative estimate of drug-likeness (QED) is 0.227. The summed E-state index contributed by atoms with van der Waals surface area (Å²) in [5.74, 6) is -2.76. The van der Waals surface area contributed by atoms with Crippen LogP contribution in [0.15, 0.2) is 0 Å². The molecule has 0 saturated heterocycles. The Hall–Kier alpha value is -0.265. The van der Waals surface area contributed by atoms with E-state index in [9.17, 15) is 29.7 Å². The molecule has 0 aliphatic rings. The monoisotopic (exact) mass is 587 g/mol. The number of carbonyl (C=O) groups excluding carboxylic acids is 3. The predicted molar refractivity (Wildman–Crippen MR) is 115 cm³/mol. The molecule has 0 bridgehead atoms. The predicted octanol–water partition coefficient (Wildman–Crippen LogP) is 3.29. The molecule has 6 nitrogen and oxygen atoms in total. The molecule has 31 heavy (non-hydrogen) atoms. The van der Waals surface area contributed by atoms with Crippen molar-refractivity contribution in [1.82, 2.24) is 0 Å². The Balaban J connectivity index is -0.000000174. The van der Waals surface area contributed by atoms with Crippen molar-refractivity contribution in [3.63, 3.8) is 0 Å². The van der Waals surface area contributed by atoms with Gasteiger partial charge < -0.3 is 29.7 Å². The Labute approximate surface area is 222 Å². The molecular weight excluding hydrogens is 542 g/mol. The first kappa shape index (κ1) is 38.0. The molecule has 0 rings (SSSR count). The van der Waals surface area contributed by atoms with Crippen LogP contribution in [-0.4, -0.2) is 17.9 Å². The number of unbranched alkanes of at least 4 members (excludes halogenated alkanes) is 12. The second-order valence-corrected chi connectivity index (χ2v) is 7.61. The first-order valence-electron chi connectivity index (χ1n) is 11.9. The van der Waals surface area contributed by atoms with Crippen LogP contribution in [0, 0.1) is 39.9 Å². The van der Waals surface area contributed by atoms with E-state index in [2.05, 4.69) is 20.8 Å². The van der Waals surface area contributed by atoms with E-state index in [0.717, 1.165) is 57.8 Å². The summed E-state index contributed by atoms with van der Waals surface area (Å²) in [5, 5.41) is 29.8. The van der Waals surface area contributed by atoms with E-state index in [-0.39, 0.29) is 59.2 Å². The van der Waals surface area contributed by atoms with E-state index >= 15 is 0 Å². The number of rotatable bonds is 18. The van der Waals surface area contributed by atoms with Gasteiger partial charge in [-0.2, -0.15) is 0 Å².